The molecule has 1 aromatic heterocycles. The topological polar surface area (TPSA) is 49.6 Å². The molecule has 1 atom stereocenters. The standard InChI is InChI=1S/C27H31FN4O/c1-17-15-27(4,5)31(6)25-14-24(28)21(13-23(17)25)16-29-30-26(33)20-8-7-9-22(12-20)32-18(2)10-11-19(32)3/h7-14,16-17H,15H2,1-6H3,(H,30,33)/b29-16-. The van der Waals surface area contributed by atoms with E-state index in [2.05, 4.69) is 40.8 Å². The first-order valence-electron chi connectivity index (χ1n) is 11.2. The van der Waals surface area contributed by atoms with Gasteiger partial charge in [-0.2, -0.15) is 5.10 Å². The lowest BCUT2D eigenvalue weighted by Crippen LogP contribution is -2.45. The number of anilines is 1. The number of carbonyl (C=O) groups excluding carboxylic acids is 1. The Morgan fingerprint density at radius 3 is 2.55 bits per heavy atom. The van der Waals surface area contributed by atoms with Gasteiger partial charge >= 0.3 is 0 Å². The van der Waals surface area contributed by atoms with Gasteiger partial charge in [0.1, 0.15) is 5.82 Å². The van der Waals surface area contributed by atoms with E-state index in [0.717, 1.165) is 34.7 Å². The molecule has 0 saturated carbocycles. The van der Waals surface area contributed by atoms with Gasteiger partial charge in [0.2, 0.25) is 0 Å². The molecule has 2 aromatic carbocycles. The molecular formula is C27H31FN4O. The summed E-state index contributed by atoms with van der Waals surface area (Å²) in [6.45, 7) is 10.6. The van der Waals surface area contributed by atoms with E-state index in [1.165, 1.54) is 6.21 Å². The van der Waals surface area contributed by atoms with E-state index >= 15 is 0 Å². The monoisotopic (exact) mass is 446 g/mol. The molecule has 4 rings (SSSR count). The second kappa shape index (κ2) is 8.50. The summed E-state index contributed by atoms with van der Waals surface area (Å²) in [5.41, 5.74) is 8.44. The molecule has 1 unspecified atom stereocenters. The molecule has 0 bridgehead atoms. The van der Waals surface area contributed by atoms with Crippen molar-refractivity contribution in [1.29, 1.82) is 0 Å². The number of hydrogen-bond donors (Lipinski definition) is 1. The number of hydrogen-bond acceptors (Lipinski definition) is 3. The van der Waals surface area contributed by atoms with Crippen LogP contribution in [0, 0.1) is 19.7 Å². The largest absolute Gasteiger partial charge is 0.369 e. The zero-order valence-corrected chi connectivity index (χ0v) is 20.1. The number of amides is 1. The van der Waals surface area contributed by atoms with Crippen molar-refractivity contribution < 1.29 is 9.18 Å². The Kier molecular flexibility index (Phi) is 5.87. The third-order valence-corrected chi connectivity index (χ3v) is 6.76. The van der Waals surface area contributed by atoms with E-state index in [9.17, 15) is 9.18 Å². The summed E-state index contributed by atoms with van der Waals surface area (Å²) < 4.78 is 16.9. The summed E-state index contributed by atoms with van der Waals surface area (Å²) >= 11 is 0. The highest BCUT2D eigenvalue weighted by atomic mass is 19.1. The van der Waals surface area contributed by atoms with Crippen LogP contribution in [0.25, 0.3) is 5.69 Å². The van der Waals surface area contributed by atoms with Crippen molar-refractivity contribution in [3.63, 3.8) is 0 Å². The van der Waals surface area contributed by atoms with Gasteiger partial charge in [0.05, 0.1) is 6.21 Å². The average Bonchev–Trinajstić information content (AvgIpc) is 3.10. The van der Waals surface area contributed by atoms with Crippen molar-refractivity contribution in [1.82, 2.24) is 9.99 Å². The number of benzene rings is 2. The van der Waals surface area contributed by atoms with E-state index in [-0.39, 0.29) is 17.3 Å². The van der Waals surface area contributed by atoms with Gasteiger partial charge in [-0.25, -0.2) is 9.82 Å². The zero-order valence-electron chi connectivity index (χ0n) is 20.1. The number of rotatable bonds is 4. The zero-order chi connectivity index (χ0) is 23.9. The molecule has 0 radical (unpaired) electrons. The molecule has 1 amide bonds. The second-order valence-electron chi connectivity index (χ2n) is 9.61. The van der Waals surface area contributed by atoms with Gasteiger partial charge in [0.15, 0.2) is 0 Å². The van der Waals surface area contributed by atoms with Crippen LogP contribution < -0.4 is 10.3 Å². The molecule has 2 heterocycles. The van der Waals surface area contributed by atoms with E-state index < -0.39 is 0 Å². The maximum atomic E-state index is 14.8. The summed E-state index contributed by atoms with van der Waals surface area (Å²) in [4.78, 5) is 14.8. The Balaban J connectivity index is 1.53. The number of carbonyl (C=O) groups is 1. The van der Waals surface area contributed by atoms with Crippen LogP contribution in [-0.4, -0.2) is 29.3 Å². The van der Waals surface area contributed by atoms with E-state index in [1.54, 1.807) is 12.1 Å². The van der Waals surface area contributed by atoms with Gasteiger partial charge in [-0.3, -0.25) is 4.79 Å². The first-order valence-corrected chi connectivity index (χ1v) is 11.2. The number of hydrazone groups is 1. The summed E-state index contributed by atoms with van der Waals surface area (Å²) in [6, 6.07) is 14.9. The van der Waals surface area contributed by atoms with Crippen molar-refractivity contribution in [3.8, 4) is 5.69 Å². The van der Waals surface area contributed by atoms with E-state index in [0.29, 0.717) is 17.0 Å². The lowest BCUT2D eigenvalue weighted by atomic mass is 9.80. The molecule has 5 nitrogen and oxygen atoms in total. The fourth-order valence-electron chi connectivity index (χ4n) is 4.79. The lowest BCUT2D eigenvalue weighted by Gasteiger charge is -2.45. The molecule has 172 valence electrons. The van der Waals surface area contributed by atoms with Crippen LogP contribution in [0.3, 0.4) is 0 Å². The molecule has 1 aliphatic heterocycles. The van der Waals surface area contributed by atoms with Crippen molar-refractivity contribution in [3.05, 3.63) is 82.4 Å². The van der Waals surface area contributed by atoms with Crippen LogP contribution in [0.2, 0.25) is 0 Å². The minimum Gasteiger partial charge on any atom is -0.369 e. The Hall–Kier alpha value is -3.41. The van der Waals surface area contributed by atoms with Crippen molar-refractivity contribution >= 4 is 17.8 Å². The van der Waals surface area contributed by atoms with Crippen LogP contribution in [0.15, 0.2) is 53.6 Å². The van der Waals surface area contributed by atoms with Gasteiger partial charge < -0.3 is 9.47 Å². The number of fused-ring (bicyclic) bond motifs is 1. The molecular weight excluding hydrogens is 415 g/mol. The highest BCUT2D eigenvalue weighted by Crippen LogP contribution is 2.43. The third-order valence-electron chi connectivity index (χ3n) is 6.76. The molecule has 3 aromatic rings. The quantitative estimate of drug-likeness (QED) is 0.412. The Labute approximate surface area is 194 Å². The highest BCUT2D eigenvalue weighted by Gasteiger charge is 2.34. The van der Waals surface area contributed by atoms with Crippen LogP contribution >= 0.6 is 0 Å². The van der Waals surface area contributed by atoms with Crippen LogP contribution in [0.5, 0.6) is 0 Å². The SMILES string of the molecule is Cc1ccc(C)n1-c1cccc(C(=O)N/N=C\c2cc3c(cc2F)N(C)C(C)(C)CC3C)c1. The maximum Gasteiger partial charge on any atom is 0.271 e. The van der Waals surface area contributed by atoms with Gasteiger partial charge in [-0.15, -0.1) is 0 Å². The predicted molar refractivity (Wildman–Crippen MR) is 132 cm³/mol. The summed E-state index contributed by atoms with van der Waals surface area (Å²) in [5.74, 6) is -0.398. The third kappa shape index (κ3) is 4.30. The Morgan fingerprint density at radius 1 is 1.15 bits per heavy atom. The predicted octanol–water partition coefficient (Wildman–Crippen LogP) is 5.72. The Morgan fingerprint density at radius 2 is 1.85 bits per heavy atom. The Bertz CT molecular complexity index is 1220. The van der Waals surface area contributed by atoms with Crippen LogP contribution in [-0.2, 0) is 0 Å². The number of halogens is 1. The number of nitrogens with one attached hydrogen (secondary N) is 1. The molecule has 6 heteroatoms. The van der Waals surface area contributed by atoms with Crippen molar-refractivity contribution in [2.24, 2.45) is 5.10 Å². The first-order chi connectivity index (χ1) is 15.6. The second-order valence-corrected chi connectivity index (χ2v) is 9.61. The number of nitrogens with zero attached hydrogens (tertiary/aromatic N) is 3. The number of aromatic nitrogens is 1. The smallest absolute Gasteiger partial charge is 0.271 e. The highest BCUT2D eigenvalue weighted by molar-refractivity contribution is 5.95. The lowest BCUT2D eigenvalue weighted by molar-refractivity contribution is 0.0955. The maximum absolute atomic E-state index is 14.8. The number of aryl methyl sites for hydroxylation is 2. The summed E-state index contributed by atoms with van der Waals surface area (Å²) in [7, 11) is 2.00. The molecule has 0 spiro atoms. The van der Waals surface area contributed by atoms with Gasteiger partial charge in [0.25, 0.3) is 5.91 Å². The molecule has 33 heavy (non-hydrogen) atoms. The minimum absolute atomic E-state index is 0.0330. The summed E-state index contributed by atoms with van der Waals surface area (Å²) in [5, 5.41) is 4.04. The first kappa shape index (κ1) is 22.8. The normalized spacial score (nSPS) is 17.3. The molecule has 0 aliphatic carbocycles. The van der Waals surface area contributed by atoms with Crippen LogP contribution in [0.1, 0.15) is 66.0 Å². The average molecular weight is 447 g/mol. The van der Waals surface area contributed by atoms with Crippen LogP contribution in [0.4, 0.5) is 10.1 Å². The van der Waals surface area contributed by atoms with Gasteiger partial charge in [-0.05, 0) is 88.1 Å². The fraction of sp³-hybridized carbons (Fsp3) is 0.333. The van der Waals surface area contributed by atoms with Gasteiger partial charge in [0, 0.05) is 46.5 Å². The van der Waals surface area contributed by atoms with Crippen molar-refractivity contribution in [2.75, 3.05) is 11.9 Å². The minimum atomic E-state index is -0.357. The van der Waals surface area contributed by atoms with Crippen molar-refractivity contribution in [2.45, 2.75) is 52.5 Å². The molecule has 0 fully saturated rings. The van der Waals surface area contributed by atoms with E-state index in [1.807, 2.05) is 57.3 Å². The van der Waals surface area contributed by atoms with E-state index in [4.69, 9.17) is 0 Å². The molecule has 1 aliphatic rings. The summed E-state index contributed by atoms with van der Waals surface area (Å²) in [6.07, 6.45) is 2.36. The fourth-order valence-corrected chi connectivity index (χ4v) is 4.79. The van der Waals surface area contributed by atoms with Gasteiger partial charge in [-0.1, -0.05) is 13.0 Å². The molecule has 0 saturated heterocycles. The molecule has 1 N–H and O–H groups in total.